The number of fused-ring (bicyclic) bond motifs is 15. The number of aryl methyl sites for hydroxylation is 5. The molecule has 0 amide bonds. The molecular weight excluding hydrogens is 1890 g/mol. The molecule has 149 heavy (non-hydrogen) atoms. The highest BCUT2D eigenvalue weighted by Crippen LogP contribution is 2.40. The first-order valence-electron chi connectivity index (χ1n) is 50.6. The van der Waals surface area contributed by atoms with E-state index < -0.39 is 23.5 Å². The monoisotopic (exact) mass is 2000 g/mol. The number of H-pyrrole nitrogens is 4. The van der Waals surface area contributed by atoms with Gasteiger partial charge in [0.15, 0.2) is 0 Å². The number of hydrogen-bond acceptors (Lipinski definition) is 11. The van der Waals surface area contributed by atoms with Crippen LogP contribution in [0.15, 0.2) is 346 Å². The summed E-state index contributed by atoms with van der Waals surface area (Å²) >= 11 is 0. The number of hydrogen-bond donors (Lipinski definition) is 5. The van der Waals surface area contributed by atoms with Crippen molar-refractivity contribution in [3.05, 3.63) is 458 Å². The van der Waals surface area contributed by atoms with Gasteiger partial charge in [-0.25, -0.2) is 0 Å². The maximum Gasteiger partial charge on any atom is 0.416 e. The third kappa shape index (κ3) is 21.5. The van der Waals surface area contributed by atoms with E-state index in [0.717, 1.165) is 176 Å². The fourth-order valence-electron chi connectivity index (χ4n) is 21.3. The molecule has 1 unspecified atom stereocenters. The van der Waals surface area contributed by atoms with Crippen molar-refractivity contribution in [1.82, 2.24) is 62.5 Å². The molecule has 5 N–H and O–H groups in total. The van der Waals surface area contributed by atoms with Crippen molar-refractivity contribution in [2.45, 2.75) is 135 Å². The van der Waals surface area contributed by atoms with Crippen LogP contribution in [0.2, 0.25) is 0 Å². The lowest BCUT2D eigenvalue weighted by Gasteiger charge is -2.25. The molecule has 2 aliphatic carbocycles. The minimum atomic E-state index is -4.38. The van der Waals surface area contributed by atoms with Crippen molar-refractivity contribution in [2.24, 2.45) is 7.05 Å². The summed E-state index contributed by atoms with van der Waals surface area (Å²) in [7, 11) is 6.36. The topological polar surface area (TPSA) is 224 Å². The summed E-state index contributed by atoms with van der Waals surface area (Å²) in [5.41, 5.74) is 26.3. The van der Waals surface area contributed by atoms with Crippen molar-refractivity contribution < 1.29 is 40.6 Å². The summed E-state index contributed by atoms with van der Waals surface area (Å²) in [6.07, 6.45) is 13.4. The number of benzene rings is 10. The first-order chi connectivity index (χ1) is 72.3. The SMILES string of the molecule is CCC1NCCc2c1n(C)c1cc(-n3ccc(OCc4ccccc4)cc3=O)ccc21.CN1CCc2c([nH]c3cc(-n4ccc(-c5ccc(C(F)(F)F)cc5)cc4=O)ccc23)C1.CN1CCc2c([nH]c3cc(-n4ccc(OCc5ccccc5)cc4=O)ccc23)C1.O=c1cc(-c2ccc(C(F)(F)F)cc2)ccn1-c1ccc2c3c([nH]c2c1)CCCC3.O=c1cc(OCc2ccccc2)ccn1-c1ccc2c3c([nH]c2c1)CCCC3. The summed E-state index contributed by atoms with van der Waals surface area (Å²) in [4.78, 5) is 82.4. The van der Waals surface area contributed by atoms with Crippen LogP contribution >= 0.6 is 0 Å². The van der Waals surface area contributed by atoms with Gasteiger partial charge in [-0.2, -0.15) is 26.3 Å². The van der Waals surface area contributed by atoms with Crippen LogP contribution in [-0.4, -0.2) is 90.9 Å². The molecule has 21 nitrogen and oxygen atoms in total. The number of halogens is 6. The summed E-state index contributed by atoms with van der Waals surface area (Å²) in [6, 6.07) is 87.1. The Morgan fingerprint density at radius 2 is 0.638 bits per heavy atom. The fraction of sp³-hybridized carbons (Fsp3) is 0.221. The molecule has 20 aromatic rings. The molecule has 5 aliphatic rings. The number of nitrogens with zero attached hydrogens (tertiary/aromatic N) is 8. The Labute approximate surface area is 854 Å². The Morgan fingerprint density at radius 1 is 0.315 bits per heavy atom. The summed E-state index contributed by atoms with van der Waals surface area (Å²) in [6.45, 7) is 8.47. The third-order valence-electron chi connectivity index (χ3n) is 29.0. The second-order valence-electron chi connectivity index (χ2n) is 38.9. The molecule has 0 bridgehead atoms. The number of aromatic nitrogens is 10. The molecule has 10 aromatic carbocycles. The zero-order valence-electron chi connectivity index (χ0n) is 82.9. The van der Waals surface area contributed by atoms with Crippen LogP contribution in [0.3, 0.4) is 0 Å². The van der Waals surface area contributed by atoms with Crippen LogP contribution in [0.4, 0.5) is 26.3 Å². The van der Waals surface area contributed by atoms with Gasteiger partial charge < -0.3 is 53.8 Å². The Morgan fingerprint density at radius 3 is 0.980 bits per heavy atom. The van der Waals surface area contributed by atoms with E-state index in [2.05, 4.69) is 110 Å². The predicted octanol–water partition coefficient (Wildman–Crippen LogP) is 24.0. The maximum absolute atomic E-state index is 12.8. The first-order valence-corrected chi connectivity index (χ1v) is 50.6. The molecule has 0 saturated carbocycles. The van der Waals surface area contributed by atoms with E-state index in [9.17, 15) is 50.3 Å². The second kappa shape index (κ2) is 42.5. The highest BCUT2D eigenvalue weighted by Gasteiger charge is 2.33. The van der Waals surface area contributed by atoms with Crippen molar-refractivity contribution in [3.8, 4) is 67.9 Å². The van der Waals surface area contributed by atoms with Crippen LogP contribution in [0.5, 0.6) is 17.2 Å². The molecule has 27 heteroatoms. The molecule has 0 fully saturated rings. The summed E-state index contributed by atoms with van der Waals surface area (Å²) < 4.78 is 104. The minimum absolute atomic E-state index is 0.0961. The zero-order valence-corrected chi connectivity index (χ0v) is 82.9. The molecule has 0 saturated heterocycles. The van der Waals surface area contributed by atoms with E-state index in [4.69, 9.17) is 14.2 Å². The van der Waals surface area contributed by atoms with Crippen molar-refractivity contribution in [2.75, 3.05) is 33.7 Å². The maximum atomic E-state index is 12.8. The number of likely N-dealkylation sites (N-methyl/N-ethyl adjacent to an activating group) is 2. The van der Waals surface area contributed by atoms with Gasteiger partial charge in [0, 0.05) is 178 Å². The lowest BCUT2D eigenvalue weighted by Crippen LogP contribution is -2.30. The van der Waals surface area contributed by atoms with Crippen LogP contribution in [0.1, 0.15) is 129 Å². The predicted molar refractivity (Wildman–Crippen MR) is 575 cm³/mol. The molecular formula is C122H111F6N13O8. The van der Waals surface area contributed by atoms with Crippen molar-refractivity contribution in [1.29, 1.82) is 0 Å². The van der Waals surface area contributed by atoms with Gasteiger partial charge in [0.1, 0.15) is 37.1 Å². The molecule has 0 spiro atoms. The number of nitrogens with one attached hydrogen (secondary N) is 5. The van der Waals surface area contributed by atoms with Gasteiger partial charge in [0.25, 0.3) is 27.8 Å². The van der Waals surface area contributed by atoms with Gasteiger partial charge in [-0.05, 0) is 280 Å². The Balaban J connectivity index is 0.000000109. The van der Waals surface area contributed by atoms with Crippen LogP contribution in [0, 0.1) is 0 Å². The molecule has 1 atom stereocenters. The van der Waals surface area contributed by atoms with Crippen LogP contribution in [0.25, 0.3) is 105 Å². The van der Waals surface area contributed by atoms with Gasteiger partial charge in [-0.3, -0.25) is 46.8 Å². The minimum Gasteiger partial charge on any atom is -0.489 e. The molecule has 10 aromatic heterocycles. The average molecular weight is 2000 g/mol. The van der Waals surface area contributed by atoms with E-state index in [0.29, 0.717) is 65.4 Å². The summed E-state index contributed by atoms with van der Waals surface area (Å²) in [5, 5.41) is 9.85. The van der Waals surface area contributed by atoms with Crippen LogP contribution < -0.4 is 47.3 Å². The third-order valence-corrected chi connectivity index (χ3v) is 29.0. The lowest BCUT2D eigenvalue weighted by molar-refractivity contribution is -0.138. The lowest BCUT2D eigenvalue weighted by atomic mass is 9.96. The molecule has 25 rings (SSSR count). The number of pyridine rings is 5. The number of ether oxygens (including phenoxy) is 3. The molecule has 754 valence electrons. The van der Waals surface area contributed by atoms with Crippen molar-refractivity contribution in [3.63, 3.8) is 0 Å². The largest absolute Gasteiger partial charge is 0.489 e. The zero-order chi connectivity index (χ0) is 103. The van der Waals surface area contributed by atoms with Crippen LogP contribution in [-0.2, 0) is 97.3 Å². The van der Waals surface area contributed by atoms with E-state index in [1.165, 1.54) is 151 Å². The van der Waals surface area contributed by atoms with Gasteiger partial charge in [-0.1, -0.05) is 153 Å². The first kappa shape index (κ1) is 98.5. The smallest absolute Gasteiger partial charge is 0.416 e. The van der Waals surface area contributed by atoms with E-state index >= 15 is 0 Å². The number of aromatic amines is 4. The number of rotatable bonds is 17. The molecule has 3 aliphatic heterocycles. The van der Waals surface area contributed by atoms with Gasteiger partial charge in [-0.15, -0.1) is 0 Å². The number of alkyl halides is 6. The van der Waals surface area contributed by atoms with Gasteiger partial charge >= 0.3 is 12.4 Å². The normalized spacial score (nSPS) is 14.4. The molecule has 13 heterocycles. The standard InChI is InChI=1S/C26H27N3O2.C24H20F3N3O.C24H19F3N2O.C24H23N3O2.C24H22N2O2/c1-3-23-26-22(11-13-27-23)21-10-9-19(15-24(21)28(26)2)29-14-12-20(16-25(29)30)31-17-18-7-5-4-6-8-18;1-29-10-9-20-19-7-6-18(13-21(19)28-22(20)14-29)30-11-8-16(12-23(30)31)15-2-4-17(5-3-15)24(25,26)27;25-24(26,27)17-7-5-15(6-8-17)16-11-12-29(23(30)13-16)18-9-10-20-19-3-1-2-4-21(19)28-22(20)14-18;1-26-11-10-21-20-8-7-18(13-22(20)25-23(21)15-26)27-12-9-19(14-24(27)28)29-16-17-5-3-2-4-6-17;27-24-15-19(28-16-17-6-2-1-3-7-17)12-13-26(24)18-10-11-21-20-8-4-5-9-22(20)25-23(21)14-18/h4-10,12,14-16,23,27H,3,11,13,17H2,1-2H3;2-8,11-13,28H,9-10,14H2,1H3;5-14,28H,1-4H2;2-9,12-14,25H,10-11,15-16H2,1H3;1-3,6-7,10-15,25H,4-5,8-9,16H2. The second-order valence-corrected chi connectivity index (χ2v) is 38.9. The van der Waals surface area contributed by atoms with E-state index in [-0.39, 0.29) is 27.8 Å². The quantitative estimate of drug-likeness (QED) is 0.0539. The average Bonchev–Trinajstić information content (AvgIpc) is 1.60. The summed E-state index contributed by atoms with van der Waals surface area (Å²) in [5.74, 6) is 1.74. The van der Waals surface area contributed by atoms with E-state index in [1.807, 2.05) is 158 Å². The van der Waals surface area contributed by atoms with Gasteiger partial charge in [0.2, 0.25) is 0 Å². The van der Waals surface area contributed by atoms with E-state index in [1.54, 1.807) is 84.2 Å². The fourth-order valence-corrected chi connectivity index (χ4v) is 21.3. The molecule has 0 radical (unpaired) electrons. The van der Waals surface area contributed by atoms with Gasteiger partial charge in [0.05, 0.1) is 45.1 Å². The Bertz CT molecular complexity index is 8670. The Kier molecular flexibility index (Phi) is 28.1. The highest BCUT2D eigenvalue weighted by atomic mass is 19.4. The highest BCUT2D eigenvalue weighted by molar-refractivity contribution is 5.91. The van der Waals surface area contributed by atoms with Crippen molar-refractivity contribution >= 4 is 54.5 Å². The Hall–Kier alpha value is -16.5.